The van der Waals surface area contributed by atoms with Gasteiger partial charge in [0.15, 0.2) is 11.6 Å². The maximum atomic E-state index is 11.2. The fraction of sp³-hybridized carbons (Fsp3) is 0.263. The molecule has 0 radical (unpaired) electrons. The number of hydrogen-bond donors (Lipinski definition) is 2. The fourth-order valence-electron chi connectivity index (χ4n) is 2.97. The first-order chi connectivity index (χ1) is 14.5. The van der Waals surface area contributed by atoms with Crippen molar-refractivity contribution in [3.63, 3.8) is 0 Å². The zero-order valence-corrected chi connectivity index (χ0v) is 17.1. The van der Waals surface area contributed by atoms with E-state index in [2.05, 4.69) is 26.2 Å². The Morgan fingerprint density at radius 2 is 2.00 bits per heavy atom. The van der Waals surface area contributed by atoms with Crippen LogP contribution >= 0.6 is 11.3 Å². The Labute approximate surface area is 176 Å². The summed E-state index contributed by atoms with van der Waals surface area (Å²) in [5.74, 6) is 1.57. The van der Waals surface area contributed by atoms with Gasteiger partial charge < -0.3 is 10.8 Å². The third-order valence-corrected chi connectivity index (χ3v) is 5.29. The second kappa shape index (κ2) is 9.74. The van der Waals surface area contributed by atoms with Gasteiger partial charge in [-0.15, -0.1) is 16.4 Å². The van der Waals surface area contributed by atoms with E-state index >= 15 is 0 Å². The van der Waals surface area contributed by atoms with E-state index < -0.39 is 5.91 Å². The molecule has 0 aliphatic carbocycles. The number of carbonyl (C=O) groups is 2. The number of carbonyl (C=O) groups excluding carboxylic acids is 1. The third kappa shape index (κ3) is 5.06. The minimum atomic E-state index is -0.446. The molecule has 11 heteroatoms. The Kier molecular flexibility index (Phi) is 6.86. The normalized spacial score (nSPS) is 10.6. The third-order valence-electron chi connectivity index (χ3n) is 4.19. The number of nitrogens with zero attached hydrogens (tertiary/aromatic N) is 6. The molecule has 0 saturated carbocycles. The van der Waals surface area contributed by atoms with Gasteiger partial charge >= 0.3 is 0 Å². The van der Waals surface area contributed by atoms with Crippen molar-refractivity contribution in [1.29, 1.82) is 0 Å². The molecule has 10 nitrogen and oxygen atoms in total. The van der Waals surface area contributed by atoms with Gasteiger partial charge in [-0.3, -0.25) is 14.3 Å². The molecule has 1 aromatic carbocycles. The summed E-state index contributed by atoms with van der Waals surface area (Å²) in [6.07, 6.45) is 4.19. The van der Waals surface area contributed by atoms with Crippen LogP contribution in [0.5, 0.6) is 0 Å². The summed E-state index contributed by atoms with van der Waals surface area (Å²) in [6, 6.07) is 10.0. The van der Waals surface area contributed by atoms with Crippen LogP contribution in [0.2, 0.25) is 0 Å². The van der Waals surface area contributed by atoms with E-state index in [0.717, 1.165) is 35.0 Å². The molecule has 4 aromatic rings. The van der Waals surface area contributed by atoms with Crippen molar-refractivity contribution in [2.75, 3.05) is 0 Å². The van der Waals surface area contributed by atoms with E-state index in [4.69, 9.17) is 15.6 Å². The monoisotopic (exact) mass is 427 g/mol. The predicted octanol–water partition coefficient (Wildman–Crippen LogP) is 1.51. The van der Waals surface area contributed by atoms with Gasteiger partial charge in [0.25, 0.3) is 6.47 Å². The van der Waals surface area contributed by atoms with Crippen molar-refractivity contribution in [3.8, 4) is 5.82 Å². The van der Waals surface area contributed by atoms with Gasteiger partial charge in [-0.05, 0) is 25.0 Å². The first-order valence-electron chi connectivity index (χ1n) is 9.15. The standard InChI is InChI=1S/C18H19N7OS.CH2O2/c1-24-18(9-10-20-24)25-16(22-15(23-25)11-14(19)26)7-4-8-17-21-12-5-2-3-6-13(12)27-17;2-1-3/h2-3,5-6,9-10H,4,7-8,11H2,1H3,(H2,19,26);1H,(H,2,3). The number of rotatable bonds is 7. The molecule has 1 amide bonds. The lowest BCUT2D eigenvalue weighted by Crippen LogP contribution is -2.15. The van der Waals surface area contributed by atoms with Crippen molar-refractivity contribution in [1.82, 2.24) is 29.5 Å². The molecule has 3 N–H and O–H groups in total. The average molecular weight is 427 g/mol. The Balaban J connectivity index is 0.000000806. The molecule has 0 fully saturated rings. The van der Waals surface area contributed by atoms with Crippen molar-refractivity contribution in [2.24, 2.45) is 12.8 Å². The van der Waals surface area contributed by atoms with Gasteiger partial charge in [0.05, 0.1) is 27.8 Å². The maximum absolute atomic E-state index is 11.2. The van der Waals surface area contributed by atoms with Gasteiger partial charge in [-0.25, -0.2) is 9.97 Å². The van der Waals surface area contributed by atoms with Crippen LogP contribution in [-0.2, 0) is 35.9 Å². The summed E-state index contributed by atoms with van der Waals surface area (Å²) in [5, 5.41) is 16.6. The molecule has 0 saturated heterocycles. The smallest absolute Gasteiger partial charge is 0.290 e. The number of amides is 1. The Bertz CT molecular complexity index is 1120. The van der Waals surface area contributed by atoms with E-state index in [1.54, 1.807) is 26.9 Å². The highest BCUT2D eigenvalue weighted by atomic mass is 32.1. The second-order valence-electron chi connectivity index (χ2n) is 6.35. The van der Waals surface area contributed by atoms with Crippen molar-refractivity contribution >= 4 is 33.9 Å². The predicted molar refractivity (Wildman–Crippen MR) is 111 cm³/mol. The summed E-state index contributed by atoms with van der Waals surface area (Å²) >= 11 is 1.72. The minimum absolute atomic E-state index is 0.0235. The van der Waals surface area contributed by atoms with Gasteiger partial charge in [0.2, 0.25) is 5.91 Å². The number of para-hydroxylation sites is 1. The topological polar surface area (TPSA) is 142 Å². The molecule has 0 aliphatic heterocycles. The number of nitrogens with two attached hydrogens (primary N) is 1. The van der Waals surface area contributed by atoms with E-state index in [9.17, 15) is 4.79 Å². The number of benzene rings is 1. The number of fused-ring (bicyclic) bond motifs is 1. The molecule has 0 bridgehead atoms. The Morgan fingerprint density at radius 1 is 1.23 bits per heavy atom. The molecule has 30 heavy (non-hydrogen) atoms. The molecule has 0 atom stereocenters. The quantitative estimate of drug-likeness (QED) is 0.426. The van der Waals surface area contributed by atoms with Crippen LogP contribution in [-0.4, -0.2) is 47.0 Å². The second-order valence-corrected chi connectivity index (χ2v) is 7.46. The Morgan fingerprint density at radius 3 is 2.67 bits per heavy atom. The highest BCUT2D eigenvalue weighted by Crippen LogP contribution is 2.23. The summed E-state index contributed by atoms with van der Waals surface area (Å²) in [6.45, 7) is -0.250. The number of primary amides is 1. The zero-order chi connectivity index (χ0) is 21.5. The molecular formula is C19H21N7O3S. The lowest BCUT2D eigenvalue weighted by molar-refractivity contribution is -0.123. The fourth-order valence-corrected chi connectivity index (χ4v) is 3.98. The number of hydrogen-bond acceptors (Lipinski definition) is 7. The highest BCUT2D eigenvalue weighted by molar-refractivity contribution is 7.18. The molecule has 0 spiro atoms. The largest absolute Gasteiger partial charge is 0.483 e. The molecule has 3 heterocycles. The molecule has 156 valence electrons. The van der Waals surface area contributed by atoms with Crippen LogP contribution in [0, 0.1) is 0 Å². The maximum Gasteiger partial charge on any atom is 0.290 e. The van der Waals surface area contributed by atoms with Gasteiger partial charge in [-0.1, -0.05) is 12.1 Å². The Hall–Kier alpha value is -3.60. The first-order valence-corrected chi connectivity index (χ1v) is 9.97. The van der Waals surface area contributed by atoms with Crippen molar-refractivity contribution in [3.05, 3.63) is 53.2 Å². The van der Waals surface area contributed by atoms with Crippen LogP contribution < -0.4 is 5.73 Å². The molecule has 4 rings (SSSR count). The summed E-state index contributed by atoms with van der Waals surface area (Å²) < 4.78 is 4.66. The van der Waals surface area contributed by atoms with Crippen LogP contribution in [0.4, 0.5) is 0 Å². The lowest BCUT2D eigenvalue weighted by Gasteiger charge is -2.05. The number of thiazole rings is 1. The van der Waals surface area contributed by atoms with E-state index in [1.807, 2.05) is 31.3 Å². The van der Waals surface area contributed by atoms with Crippen LogP contribution in [0.1, 0.15) is 23.1 Å². The SMILES string of the molecule is Cn1nccc1-n1nc(CC(N)=O)nc1CCCc1nc2ccccc2s1.O=CO. The number of aryl methyl sites for hydroxylation is 3. The number of aromatic nitrogens is 6. The van der Waals surface area contributed by atoms with Gasteiger partial charge in [0.1, 0.15) is 5.82 Å². The summed E-state index contributed by atoms with van der Waals surface area (Å²) in [7, 11) is 1.84. The molecule has 0 aliphatic rings. The van der Waals surface area contributed by atoms with Crippen molar-refractivity contribution < 1.29 is 14.7 Å². The van der Waals surface area contributed by atoms with E-state index in [1.165, 1.54) is 4.70 Å². The molecular weight excluding hydrogens is 406 g/mol. The van der Waals surface area contributed by atoms with Crippen LogP contribution in [0.3, 0.4) is 0 Å². The summed E-state index contributed by atoms with van der Waals surface area (Å²) in [4.78, 5) is 28.8. The first kappa shape index (κ1) is 21.1. The van der Waals surface area contributed by atoms with Crippen molar-refractivity contribution in [2.45, 2.75) is 25.7 Å². The van der Waals surface area contributed by atoms with Crippen LogP contribution in [0.15, 0.2) is 36.5 Å². The number of carboxylic acid groups (broad SMARTS) is 1. The lowest BCUT2D eigenvalue weighted by atomic mass is 10.2. The highest BCUT2D eigenvalue weighted by Gasteiger charge is 2.15. The van der Waals surface area contributed by atoms with Crippen LogP contribution in [0.25, 0.3) is 16.0 Å². The zero-order valence-electron chi connectivity index (χ0n) is 16.3. The average Bonchev–Trinajstić information content (AvgIpc) is 3.40. The summed E-state index contributed by atoms with van der Waals surface area (Å²) in [5.41, 5.74) is 6.33. The molecule has 0 unspecified atom stereocenters. The van der Waals surface area contributed by atoms with E-state index in [0.29, 0.717) is 12.2 Å². The molecule has 3 aromatic heterocycles. The van der Waals surface area contributed by atoms with Gasteiger partial charge in [-0.2, -0.15) is 9.78 Å². The van der Waals surface area contributed by atoms with E-state index in [-0.39, 0.29) is 12.9 Å². The van der Waals surface area contributed by atoms with Gasteiger partial charge in [0, 0.05) is 19.5 Å². The minimum Gasteiger partial charge on any atom is -0.483 e.